The van der Waals surface area contributed by atoms with Crippen molar-refractivity contribution in [1.82, 2.24) is 15.0 Å². The highest BCUT2D eigenvalue weighted by molar-refractivity contribution is 6.34. The van der Waals surface area contributed by atoms with Gasteiger partial charge in [-0.05, 0) is 29.1 Å². The Kier molecular flexibility index (Phi) is 3.81. The molecular weight excluding hydrogens is 320 g/mol. The van der Waals surface area contributed by atoms with Gasteiger partial charge in [0.25, 0.3) is 0 Å². The second-order valence-corrected chi connectivity index (χ2v) is 5.64. The van der Waals surface area contributed by atoms with Crippen molar-refractivity contribution >= 4 is 34.0 Å². The van der Waals surface area contributed by atoms with Crippen LogP contribution in [0.5, 0.6) is 0 Å². The first-order valence-electron chi connectivity index (χ1n) is 7.49. The van der Waals surface area contributed by atoms with Gasteiger partial charge >= 0.3 is 0 Å². The first kappa shape index (κ1) is 14.6. The Hall–Kier alpha value is -2.98. The number of fused-ring (bicyclic) bond motifs is 1. The number of anilines is 2. The van der Waals surface area contributed by atoms with Gasteiger partial charge in [-0.1, -0.05) is 48.0 Å². The molecule has 0 unspecified atom stereocenters. The van der Waals surface area contributed by atoms with Crippen LogP contribution in [0.1, 0.15) is 0 Å². The second kappa shape index (κ2) is 6.26. The molecule has 0 aliphatic carbocycles. The average molecular weight is 333 g/mol. The van der Waals surface area contributed by atoms with E-state index in [2.05, 4.69) is 32.4 Å². The summed E-state index contributed by atoms with van der Waals surface area (Å²) in [5, 5.41) is 5.47. The molecule has 4 aromatic rings. The number of benzene rings is 1. The third kappa shape index (κ3) is 2.79. The van der Waals surface area contributed by atoms with Crippen LogP contribution in [0.25, 0.3) is 21.9 Å². The molecule has 0 saturated carbocycles. The van der Waals surface area contributed by atoms with E-state index in [-0.39, 0.29) is 0 Å². The van der Waals surface area contributed by atoms with Crippen molar-refractivity contribution in [2.75, 3.05) is 5.32 Å². The fraction of sp³-hybridized carbons (Fsp3) is 0. The number of nitrogens with one attached hydrogen (secondary N) is 1. The zero-order valence-electron chi connectivity index (χ0n) is 12.6. The Bertz CT molecular complexity index is 988. The fourth-order valence-electron chi connectivity index (χ4n) is 2.59. The van der Waals surface area contributed by atoms with Crippen LogP contribution in [-0.4, -0.2) is 15.0 Å². The molecule has 24 heavy (non-hydrogen) atoms. The first-order valence-corrected chi connectivity index (χ1v) is 7.87. The van der Waals surface area contributed by atoms with Crippen LogP contribution in [0.4, 0.5) is 11.6 Å². The van der Waals surface area contributed by atoms with Crippen molar-refractivity contribution in [1.29, 1.82) is 0 Å². The highest BCUT2D eigenvalue weighted by Gasteiger charge is 2.10. The molecule has 0 spiro atoms. The largest absolute Gasteiger partial charge is 0.325 e. The lowest BCUT2D eigenvalue weighted by atomic mass is 10.0. The Morgan fingerprint density at radius 2 is 1.58 bits per heavy atom. The minimum atomic E-state index is 0.446. The lowest BCUT2D eigenvalue weighted by Crippen LogP contribution is -1.96. The highest BCUT2D eigenvalue weighted by Crippen LogP contribution is 2.32. The first-order chi connectivity index (χ1) is 11.8. The predicted octanol–water partition coefficient (Wildman–Crippen LogP) is 5.09. The summed E-state index contributed by atoms with van der Waals surface area (Å²) in [4.78, 5) is 13.0. The summed E-state index contributed by atoms with van der Waals surface area (Å²) >= 11 is 6.25. The Morgan fingerprint density at radius 1 is 0.750 bits per heavy atom. The van der Waals surface area contributed by atoms with Gasteiger partial charge in [-0.15, -0.1) is 0 Å². The van der Waals surface area contributed by atoms with Gasteiger partial charge in [0.2, 0.25) is 0 Å². The van der Waals surface area contributed by atoms with Gasteiger partial charge in [-0.25, -0.2) is 15.0 Å². The van der Waals surface area contributed by atoms with E-state index < -0.39 is 0 Å². The quantitative estimate of drug-likeness (QED) is 0.531. The van der Waals surface area contributed by atoms with Crippen molar-refractivity contribution in [3.05, 3.63) is 78.3 Å². The van der Waals surface area contributed by atoms with Gasteiger partial charge in [0.15, 0.2) is 0 Å². The molecule has 3 aromatic heterocycles. The summed E-state index contributed by atoms with van der Waals surface area (Å²) in [5.41, 5.74) is 2.10. The zero-order valence-corrected chi connectivity index (χ0v) is 13.4. The molecule has 1 N–H and O–H groups in total. The third-order valence-electron chi connectivity index (χ3n) is 3.73. The molecule has 0 aliphatic rings. The van der Waals surface area contributed by atoms with Crippen molar-refractivity contribution in [3.63, 3.8) is 0 Å². The number of hydrogen-bond donors (Lipinski definition) is 1. The van der Waals surface area contributed by atoms with E-state index in [0.717, 1.165) is 27.7 Å². The predicted molar refractivity (Wildman–Crippen MR) is 97.5 cm³/mol. The van der Waals surface area contributed by atoms with Gasteiger partial charge in [0.1, 0.15) is 16.8 Å². The summed E-state index contributed by atoms with van der Waals surface area (Å²) in [6, 6.07) is 17.8. The monoisotopic (exact) mass is 332 g/mol. The van der Waals surface area contributed by atoms with Crippen LogP contribution in [0.2, 0.25) is 5.15 Å². The number of pyridine rings is 3. The van der Waals surface area contributed by atoms with E-state index in [0.29, 0.717) is 11.0 Å². The minimum Gasteiger partial charge on any atom is -0.325 e. The van der Waals surface area contributed by atoms with E-state index in [1.165, 1.54) is 0 Å². The smallest absolute Gasteiger partial charge is 0.138 e. The lowest BCUT2D eigenvalue weighted by Gasteiger charge is -2.10. The van der Waals surface area contributed by atoms with Crippen LogP contribution in [-0.2, 0) is 0 Å². The number of halogens is 1. The van der Waals surface area contributed by atoms with Crippen LogP contribution < -0.4 is 5.32 Å². The molecule has 1 aromatic carbocycles. The molecule has 0 amide bonds. The van der Waals surface area contributed by atoms with Gasteiger partial charge in [0, 0.05) is 29.5 Å². The number of hydrogen-bond acceptors (Lipinski definition) is 4. The van der Waals surface area contributed by atoms with E-state index >= 15 is 0 Å². The van der Waals surface area contributed by atoms with Gasteiger partial charge < -0.3 is 5.32 Å². The highest BCUT2D eigenvalue weighted by atomic mass is 35.5. The molecule has 0 atom stereocenters. The molecule has 4 nitrogen and oxygen atoms in total. The summed E-state index contributed by atoms with van der Waals surface area (Å²) in [7, 11) is 0. The van der Waals surface area contributed by atoms with E-state index in [9.17, 15) is 0 Å². The standard InChI is InChI=1S/C19H13ClN4/c20-19-16-12-22-18(24-17-8-4-5-9-21-17)10-14(16)15(11-23-19)13-6-2-1-3-7-13/h1-12H,(H,21,22,24). The van der Waals surface area contributed by atoms with Gasteiger partial charge in [-0.3, -0.25) is 0 Å². The van der Waals surface area contributed by atoms with Gasteiger partial charge in [0.05, 0.1) is 0 Å². The summed E-state index contributed by atoms with van der Waals surface area (Å²) < 4.78 is 0. The topological polar surface area (TPSA) is 50.7 Å². The van der Waals surface area contributed by atoms with Crippen molar-refractivity contribution in [2.45, 2.75) is 0 Å². The van der Waals surface area contributed by atoms with Gasteiger partial charge in [-0.2, -0.15) is 0 Å². The Balaban J connectivity index is 1.85. The normalized spacial score (nSPS) is 10.7. The van der Waals surface area contributed by atoms with Crippen molar-refractivity contribution < 1.29 is 0 Å². The lowest BCUT2D eigenvalue weighted by molar-refractivity contribution is 1.26. The second-order valence-electron chi connectivity index (χ2n) is 5.28. The maximum absolute atomic E-state index is 6.25. The van der Waals surface area contributed by atoms with Crippen molar-refractivity contribution in [3.8, 4) is 11.1 Å². The van der Waals surface area contributed by atoms with E-state index in [4.69, 9.17) is 11.6 Å². The maximum atomic E-state index is 6.25. The molecule has 116 valence electrons. The average Bonchev–Trinajstić information content (AvgIpc) is 2.64. The fourth-order valence-corrected chi connectivity index (χ4v) is 2.79. The van der Waals surface area contributed by atoms with Crippen LogP contribution in [0, 0.1) is 0 Å². The summed E-state index contributed by atoms with van der Waals surface area (Å²) in [6.07, 6.45) is 5.27. The number of nitrogens with zero attached hydrogens (tertiary/aromatic N) is 3. The van der Waals surface area contributed by atoms with Crippen LogP contribution in [0.15, 0.2) is 73.2 Å². The summed E-state index contributed by atoms with van der Waals surface area (Å²) in [6.45, 7) is 0. The molecule has 0 bridgehead atoms. The SMILES string of the molecule is Clc1ncc(-c2ccccc2)c2cc(Nc3ccccn3)ncc12. The number of aromatic nitrogens is 3. The summed E-state index contributed by atoms with van der Waals surface area (Å²) in [5.74, 6) is 1.45. The Labute approximate surface area is 144 Å². The molecule has 0 saturated heterocycles. The van der Waals surface area contributed by atoms with Crippen LogP contribution >= 0.6 is 11.6 Å². The maximum Gasteiger partial charge on any atom is 0.138 e. The molecule has 3 heterocycles. The Morgan fingerprint density at radius 3 is 2.38 bits per heavy atom. The van der Waals surface area contributed by atoms with E-state index in [1.54, 1.807) is 18.6 Å². The molecule has 0 fully saturated rings. The van der Waals surface area contributed by atoms with Crippen molar-refractivity contribution in [2.24, 2.45) is 0 Å². The molecule has 0 aliphatic heterocycles. The third-order valence-corrected chi connectivity index (χ3v) is 4.03. The van der Waals surface area contributed by atoms with E-state index in [1.807, 2.05) is 42.5 Å². The molecule has 5 heteroatoms. The molecule has 4 rings (SSSR count). The number of rotatable bonds is 3. The van der Waals surface area contributed by atoms with Crippen LogP contribution in [0.3, 0.4) is 0 Å². The minimum absolute atomic E-state index is 0.446. The molecule has 0 radical (unpaired) electrons. The zero-order chi connectivity index (χ0) is 16.4. The molecular formula is C19H13ClN4.